The zero-order valence-corrected chi connectivity index (χ0v) is 13.2. The predicted molar refractivity (Wildman–Crippen MR) is 87.9 cm³/mol. The van der Waals surface area contributed by atoms with Crippen LogP contribution in [0.4, 0.5) is 8.78 Å². The number of aromatic nitrogens is 2. The molecule has 2 N–H and O–H groups in total. The Labute approximate surface area is 146 Å². The molecule has 6 nitrogen and oxygen atoms in total. The monoisotopic (exact) mass is 355 g/mol. The number of fused-ring (bicyclic) bond motifs is 1. The molecule has 130 valence electrons. The molecule has 0 radical (unpaired) electrons. The second kappa shape index (κ2) is 7.03. The summed E-state index contributed by atoms with van der Waals surface area (Å²) in [6.07, 6.45) is 0. The Hall–Kier alpha value is -3.73. The minimum Gasteiger partial charge on any atom is -0.507 e. The maximum absolute atomic E-state index is 13.1. The van der Waals surface area contributed by atoms with E-state index in [0.717, 1.165) is 12.1 Å². The normalized spacial score (nSPS) is 11.7. The highest BCUT2D eigenvalue weighted by molar-refractivity contribution is 5.89. The molecule has 0 aliphatic rings. The van der Waals surface area contributed by atoms with Gasteiger partial charge in [-0.05, 0) is 24.3 Å². The Morgan fingerprint density at radius 2 is 1.92 bits per heavy atom. The molecule has 1 heterocycles. The van der Waals surface area contributed by atoms with Gasteiger partial charge in [0, 0.05) is 6.07 Å². The summed E-state index contributed by atoms with van der Waals surface area (Å²) in [6, 6.07) is 11.0. The molecule has 0 bridgehead atoms. The van der Waals surface area contributed by atoms with Crippen LogP contribution in [0.1, 0.15) is 16.2 Å². The summed E-state index contributed by atoms with van der Waals surface area (Å²) in [5.41, 5.74) is 0.697. The van der Waals surface area contributed by atoms with Crippen LogP contribution in [0.15, 0.2) is 48.2 Å². The maximum Gasteiger partial charge on any atom is 0.338 e. The van der Waals surface area contributed by atoms with Crippen molar-refractivity contribution in [2.45, 2.75) is 0 Å². The van der Waals surface area contributed by atoms with E-state index in [2.05, 4.69) is 9.97 Å². The van der Waals surface area contributed by atoms with Gasteiger partial charge in [-0.25, -0.2) is 18.6 Å². The average Bonchev–Trinajstić information content (AvgIpc) is 3.03. The predicted octanol–water partition coefficient (Wildman–Crippen LogP) is 3.49. The number of esters is 1. The van der Waals surface area contributed by atoms with Crippen LogP contribution in [-0.4, -0.2) is 27.7 Å². The van der Waals surface area contributed by atoms with Crippen molar-refractivity contribution in [2.75, 3.05) is 6.61 Å². The third-order valence-electron chi connectivity index (χ3n) is 3.46. The number of allylic oxidation sites excluding steroid dienone is 1. The van der Waals surface area contributed by atoms with Gasteiger partial charge in [-0.2, -0.15) is 5.26 Å². The van der Waals surface area contributed by atoms with E-state index in [1.54, 1.807) is 30.3 Å². The smallest absolute Gasteiger partial charge is 0.338 e. The molecule has 2 aromatic carbocycles. The van der Waals surface area contributed by atoms with Crippen molar-refractivity contribution in [1.29, 1.82) is 5.26 Å². The van der Waals surface area contributed by atoms with Gasteiger partial charge in [0.25, 0.3) is 0 Å². The zero-order valence-electron chi connectivity index (χ0n) is 13.2. The number of rotatable bonds is 4. The van der Waals surface area contributed by atoms with Crippen molar-refractivity contribution in [2.24, 2.45) is 0 Å². The van der Waals surface area contributed by atoms with Crippen LogP contribution < -0.4 is 0 Å². The topological polar surface area (TPSA) is 99.0 Å². The van der Waals surface area contributed by atoms with E-state index in [1.165, 1.54) is 0 Å². The van der Waals surface area contributed by atoms with Gasteiger partial charge in [-0.3, -0.25) is 0 Å². The fourth-order valence-corrected chi connectivity index (χ4v) is 2.29. The number of nitrogens with zero attached hydrogens (tertiary/aromatic N) is 2. The first-order chi connectivity index (χ1) is 12.5. The Morgan fingerprint density at radius 3 is 2.58 bits per heavy atom. The first-order valence-corrected chi connectivity index (χ1v) is 7.38. The maximum atomic E-state index is 13.1. The summed E-state index contributed by atoms with van der Waals surface area (Å²) in [4.78, 5) is 18.9. The average molecular weight is 355 g/mol. The molecule has 0 aliphatic heterocycles. The van der Waals surface area contributed by atoms with Crippen LogP contribution in [0.25, 0.3) is 16.6 Å². The highest BCUT2D eigenvalue weighted by Gasteiger charge is 2.16. The highest BCUT2D eigenvalue weighted by atomic mass is 19.1. The summed E-state index contributed by atoms with van der Waals surface area (Å²) in [7, 11) is 0. The molecule has 3 aromatic rings. The van der Waals surface area contributed by atoms with Crippen molar-refractivity contribution in [3.05, 3.63) is 71.2 Å². The van der Waals surface area contributed by atoms with Gasteiger partial charge in [0.2, 0.25) is 0 Å². The molecular weight excluding hydrogens is 344 g/mol. The van der Waals surface area contributed by atoms with Crippen LogP contribution >= 0.6 is 0 Å². The number of nitriles is 1. The molecule has 3 rings (SSSR count). The standard InChI is InChI=1S/C18H11F2N3O3/c19-11-5-10(6-12(20)7-11)18(25)26-9-16(24)13(8-21)17-22-14-3-1-2-4-15(14)23-17/h1-7,24H,9H2,(H,22,23)/b16-13-. The molecule has 1 aromatic heterocycles. The van der Waals surface area contributed by atoms with Crippen molar-refractivity contribution >= 4 is 22.6 Å². The SMILES string of the molecule is N#C/C(=C(/O)COC(=O)c1cc(F)cc(F)c1)c1nc2ccccc2[nH]1. The number of aromatic amines is 1. The first-order valence-electron chi connectivity index (χ1n) is 7.38. The minimum atomic E-state index is -1.04. The van der Waals surface area contributed by atoms with Gasteiger partial charge < -0.3 is 14.8 Å². The molecule has 26 heavy (non-hydrogen) atoms. The molecular formula is C18H11F2N3O3. The number of aliphatic hydroxyl groups is 1. The number of ether oxygens (including phenoxy) is 1. The number of hydrogen-bond donors (Lipinski definition) is 2. The highest BCUT2D eigenvalue weighted by Crippen LogP contribution is 2.19. The minimum absolute atomic E-state index is 0.110. The lowest BCUT2D eigenvalue weighted by molar-refractivity contribution is 0.0501. The fraction of sp³-hybridized carbons (Fsp3) is 0.0556. The Bertz CT molecular complexity index is 1010. The lowest BCUT2D eigenvalue weighted by Gasteiger charge is -2.06. The van der Waals surface area contributed by atoms with E-state index in [0.29, 0.717) is 17.1 Å². The number of imidazole rings is 1. The zero-order chi connectivity index (χ0) is 18.7. The molecule has 0 aliphatic carbocycles. The Balaban J connectivity index is 1.80. The molecule has 0 amide bonds. The molecule has 0 fully saturated rings. The van der Waals surface area contributed by atoms with E-state index < -0.39 is 30.0 Å². The summed E-state index contributed by atoms with van der Waals surface area (Å²) < 4.78 is 31.1. The van der Waals surface area contributed by atoms with E-state index in [4.69, 9.17) is 4.74 Å². The fourth-order valence-electron chi connectivity index (χ4n) is 2.29. The summed E-state index contributed by atoms with van der Waals surface area (Å²) >= 11 is 0. The number of benzene rings is 2. The van der Waals surface area contributed by atoms with Crippen LogP contribution in [0, 0.1) is 23.0 Å². The van der Waals surface area contributed by atoms with Gasteiger partial charge in [-0.1, -0.05) is 12.1 Å². The number of nitrogens with one attached hydrogen (secondary N) is 1. The Morgan fingerprint density at radius 1 is 1.23 bits per heavy atom. The van der Waals surface area contributed by atoms with Crippen LogP contribution in [0.2, 0.25) is 0 Å². The van der Waals surface area contributed by atoms with Crippen molar-refractivity contribution in [3.63, 3.8) is 0 Å². The quantitative estimate of drug-likeness (QED) is 0.424. The summed E-state index contributed by atoms with van der Waals surface area (Å²) in [6.45, 7) is -0.656. The van der Waals surface area contributed by atoms with Gasteiger partial charge >= 0.3 is 5.97 Å². The second-order valence-corrected chi connectivity index (χ2v) is 5.27. The lowest BCUT2D eigenvalue weighted by atomic mass is 10.2. The van der Waals surface area contributed by atoms with Crippen molar-refractivity contribution in [1.82, 2.24) is 9.97 Å². The van der Waals surface area contributed by atoms with E-state index >= 15 is 0 Å². The number of H-pyrrole nitrogens is 1. The molecule has 0 spiro atoms. The molecule has 0 saturated heterocycles. The van der Waals surface area contributed by atoms with Gasteiger partial charge in [0.15, 0.2) is 11.6 Å². The van der Waals surface area contributed by atoms with Gasteiger partial charge in [0.1, 0.15) is 29.9 Å². The molecule has 0 saturated carbocycles. The third kappa shape index (κ3) is 3.52. The summed E-state index contributed by atoms with van der Waals surface area (Å²) in [5, 5.41) is 19.3. The van der Waals surface area contributed by atoms with E-state index in [9.17, 15) is 23.9 Å². The van der Waals surface area contributed by atoms with Gasteiger partial charge in [0.05, 0.1) is 16.6 Å². The van der Waals surface area contributed by atoms with Crippen LogP contribution in [0.3, 0.4) is 0 Å². The van der Waals surface area contributed by atoms with Crippen LogP contribution in [-0.2, 0) is 4.74 Å². The number of aliphatic hydroxyl groups excluding tert-OH is 1. The third-order valence-corrected chi connectivity index (χ3v) is 3.46. The molecule has 0 atom stereocenters. The number of carbonyl (C=O) groups excluding carboxylic acids is 1. The van der Waals surface area contributed by atoms with E-state index in [-0.39, 0.29) is 17.0 Å². The number of halogens is 2. The number of hydrogen-bond acceptors (Lipinski definition) is 5. The van der Waals surface area contributed by atoms with E-state index in [1.807, 2.05) is 0 Å². The largest absolute Gasteiger partial charge is 0.507 e. The first kappa shape index (κ1) is 17.1. The second-order valence-electron chi connectivity index (χ2n) is 5.27. The summed E-state index contributed by atoms with van der Waals surface area (Å²) in [5.74, 6) is -3.35. The van der Waals surface area contributed by atoms with Crippen LogP contribution in [0.5, 0.6) is 0 Å². The molecule has 8 heteroatoms. The number of carbonyl (C=O) groups is 1. The van der Waals surface area contributed by atoms with Gasteiger partial charge in [-0.15, -0.1) is 0 Å². The van der Waals surface area contributed by atoms with Crippen molar-refractivity contribution < 1.29 is 23.4 Å². The number of para-hydroxylation sites is 2. The molecule has 0 unspecified atom stereocenters. The Kier molecular flexibility index (Phi) is 4.62. The lowest BCUT2D eigenvalue weighted by Crippen LogP contribution is -2.10. The van der Waals surface area contributed by atoms with Crippen molar-refractivity contribution in [3.8, 4) is 6.07 Å².